The molecule has 3 rings (SSSR count). The summed E-state index contributed by atoms with van der Waals surface area (Å²) in [6.45, 7) is 2.30. The molecule has 0 spiro atoms. The van der Waals surface area contributed by atoms with Gasteiger partial charge in [0.1, 0.15) is 0 Å². The molecule has 1 heterocycles. The average Bonchev–Trinajstić information content (AvgIpc) is 2.70. The van der Waals surface area contributed by atoms with E-state index in [0.29, 0.717) is 12.3 Å². The molecule has 1 aromatic carbocycles. The van der Waals surface area contributed by atoms with E-state index >= 15 is 0 Å². The van der Waals surface area contributed by atoms with E-state index in [2.05, 4.69) is 21.4 Å². The van der Waals surface area contributed by atoms with Crippen molar-refractivity contribution >= 4 is 20.0 Å². The molecule has 1 saturated carbocycles. The van der Waals surface area contributed by atoms with Gasteiger partial charge in [-0.1, -0.05) is 19.8 Å². The number of pyridine rings is 1. The molecule has 0 unspecified atom stereocenters. The Morgan fingerprint density at radius 2 is 1.48 bits per heavy atom. The molecule has 2 N–H and O–H groups in total. The summed E-state index contributed by atoms with van der Waals surface area (Å²) >= 11 is 0. The van der Waals surface area contributed by atoms with E-state index < -0.39 is 20.0 Å². The van der Waals surface area contributed by atoms with Crippen molar-refractivity contribution in [3.05, 3.63) is 54.4 Å². The Kier molecular flexibility index (Phi) is 7.05. The van der Waals surface area contributed by atoms with Gasteiger partial charge in [-0.3, -0.25) is 4.98 Å². The summed E-state index contributed by atoms with van der Waals surface area (Å²) in [6.07, 6.45) is 7.83. The van der Waals surface area contributed by atoms with Crippen molar-refractivity contribution in [2.24, 2.45) is 5.92 Å². The molecule has 2 aromatic rings. The van der Waals surface area contributed by atoms with Gasteiger partial charge >= 0.3 is 0 Å². The van der Waals surface area contributed by atoms with Crippen LogP contribution in [0.2, 0.25) is 0 Å². The van der Waals surface area contributed by atoms with Crippen LogP contribution in [-0.4, -0.2) is 34.4 Å². The molecule has 0 amide bonds. The highest BCUT2D eigenvalue weighted by Gasteiger charge is 2.27. The molecule has 1 aliphatic carbocycles. The Hall–Kier alpha value is -1.81. The topological polar surface area (TPSA) is 105 Å². The average molecular weight is 438 g/mol. The third-order valence-corrected chi connectivity index (χ3v) is 8.30. The van der Waals surface area contributed by atoms with Crippen LogP contribution in [0.1, 0.15) is 38.2 Å². The molecule has 158 valence electrons. The minimum atomic E-state index is -3.71. The van der Waals surface area contributed by atoms with E-state index in [1.54, 1.807) is 12.4 Å². The van der Waals surface area contributed by atoms with Crippen LogP contribution in [0.25, 0.3) is 0 Å². The zero-order valence-corrected chi connectivity index (χ0v) is 18.0. The Morgan fingerprint density at radius 3 is 2.10 bits per heavy atom. The molecule has 1 aromatic heterocycles. The summed E-state index contributed by atoms with van der Waals surface area (Å²) in [6, 6.07) is 8.91. The van der Waals surface area contributed by atoms with Crippen molar-refractivity contribution in [1.29, 1.82) is 0 Å². The van der Waals surface area contributed by atoms with Crippen LogP contribution in [0.4, 0.5) is 0 Å². The smallest absolute Gasteiger partial charge is 0.240 e. The van der Waals surface area contributed by atoms with Crippen molar-refractivity contribution in [3.8, 4) is 0 Å². The number of nitrogens with zero attached hydrogens (tertiary/aromatic N) is 1. The number of sulfonamides is 2. The number of hydrogen-bond donors (Lipinski definition) is 2. The van der Waals surface area contributed by atoms with Gasteiger partial charge in [0.25, 0.3) is 0 Å². The predicted molar refractivity (Wildman–Crippen MR) is 111 cm³/mol. The van der Waals surface area contributed by atoms with E-state index in [9.17, 15) is 16.8 Å². The first-order valence-electron chi connectivity index (χ1n) is 9.79. The highest BCUT2D eigenvalue weighted by molar-refractivity contribution is 7.90. The summed E-state index contributed by atoms with van der Waals surface area (Å²) in [5.74, 6) is 0.294. The Bertz CT molecular complexity index is 1010. The van der Waals surface area contributed by atoms with Gasteiger partial charge in [0.15, 0.2) is 0 Å². The van der Waals surface area contributed by atoms with Crippen molar-refractivity contribution < 1.29 is 16.8 Å². The van der Waals surface area contributed by atoms with Crippen molar-refractivity contribution in [2.45, 2.75) is 54.9 Å². The highest BCUT2D eigenvalue weighted by atomic mass is 32.2. The van der Waals surface area contributed by atoms with Crippen molar-refractivity contribution in [2.75, 3.05) is 6.54 Å². The summed E-state index contributed by atoms with van der Waals surface area (Å²) in [7, 11) is -7.39. The van der Waals surface area contributed by atoms with Gasteiger partial charge in [0.2, 0.25) is 20.0 Å². The molecular weight excluding hydrogens is 410 g/mol. The lowest BCUT2D eigenvalue weighted by atomic mass is 9.87. The SMILES string of the molecule is C[C@H]1CCCC[C@@H]1NS(=O)(=O)c1ccc(S(=O)(=O)NCCc2ccncc2)cc1. The Labute approximate surface area is 173 Å². The summed E-state index contributed by atoms with van der Waals surface area (Å²) in [5.41, 5.74) is 0.979. The van der Waals surface area contributed by atoms with Crippen LogP contribution < -0.4 is 9.44 Å². The first-order valence-corrected chi connectivity index (χ1v) is 12.8. The van der Waals surface area contributed by atoms with Gasteiger partial charge in [0, 0.05) is 25.0 Å². The van der Waals surface area contributed by atoms with E-state index in [1.165, 1.54) is 24.3 Å². The molecule has 0 saturated heterocycles. The maximum absolute atomic E-state index is 12.7. The molecule has 9 heteroatoms. The number of hydrogen-bond acceptors (Lipinski definition) is 5. The normalized spacial score (nSPS) is 20.4. The molecule has 1 aliphatic rings. The van der Waals surface area contributed by atoms with Gasteiger partial charge < -0.3 is 0 Å². The molecule has 0 radical (unpaired) electrons. The molecule has 7 nitrogen and oxygen atoms in total. The predicted octanol–water partition coefficient (Wildman–Crippen LogP) is 2.46. The van der Waals surface area contributed by atoms with Gasteiger partial charge in [-0.05, 0) is 67.1 Å². The van der Waals surface area contributed by atoms with Gasteiger partial charge in [0.05, 0.1) is 9.79 Å². The van der Waals surface area contributed by atoms with E-state index in [-0.39, 0.29) is 22.4 Å². The molecule has 2 atom stereocenters. The summed E-state index contributed by atoms with van der Waals surface area (Å²) in [4.78, 5) is 4.04. The monoisotopic (exact) mass is 437 g/mol. The molecule has 1 fully saturated rings. The fraction of sp³-hybridized carbons (Fsp3) is 0.450. The second-order valence-electron chi connectivity index (χ2n) is 7.46. The lowest BCUT2D eigenvalue weighted by Crippen LogP contribution is -2.40. The first-order chi connectivity index (χ1) is 13.8. The van der Waals surface area contributed by atoms with Gasteiger partial charge in [-0.25, -0.2) is 26.3 Å². The number of aromatic nitrogens is 1. The van der Waals surface area contributed by atoms with Gasteiger partial charge in [-0.2, -0.15) is 0 Å². The second-order valence-corrected chi connectivity index (χ2v) is 10.9. The van der Waals surface area contributed by atoms with E-state index in [0.717, 1.165) is 31.2 Å². The fourth-order valence-electron chi connectivity index (χ4n) is 3.52. The van der Waals surface area contributed by atoms with E-state index in [1.807, 2.05) is 12.1 Å². The zero-order chi connectivity index (χ0) is 20.9. The standard InChI is InChI=1S/C20H27N3O4S2/c1-16-4-2-3-5-20(16)23-29(26,27)19-8-6-18(7-9-19)28(24,25)22-15-12-17-10-13-21-14-11-17/h6-11,13-14,16,20,22-23H,2-5,12,15H2,1H3/t16-,20-/m0/s1. The molecular formula is C20H27N3O4S2. The molecule has 0 bridgehead atoms. The third-order valence-electron chi connectivity index (χ3n) is 5.32. The molecule has 29 heavy (non-hydrogen) atoms. The van der Waals surface area contributed by atoms with Crippen LogP contribution in [0.15, 0.2) is 58.6 Å². The second kappa shape index (κ2) is 9.34. The van der Waals surface area contributed by atoms with Crippen molar-refractivity contribution in [3.63, 3.8) is 0 Å². The number of rotatable bonds is 8. The fourth-order valence-corrected chi connectivity index (χ4v) is 5.93. The van der Waals surface area contributed by atoms with E-state index in [4.69, 9.17) is 0 Å². The van der Waals surface area contributed by atoms with Crippen LogP contribution in [0.5, 0.6) is 0 Å². The van der Waals surface area contributed by atoms with Crippen LogP contribution in [-0.2, 0) is 26.5 Å². The number of benzene rings is 1. The Morgan fingerprint density at radius 1 is 0.897 bits per heavy atom. The van der Waals surface area contributed by atoms with Crippen LogP contribution >= 0.6 is 0 Å². The first kappa shape index (κ1) is 21.9. The summed E-state index contributed by atoms with van der Waals surface area (Å²) < 4.78 is 55.5. The minimum Gasteiger partial charge on any atom is -0.265 e. The van der Waals surface area contributed by atoms with Crippen LogP contribution in [0, 0.1) is 5.92 Å². The van der Waals surface area contributed by atoms with Crippen molar-refractivity contribution in [1.82, 2.24) is 14.4 Å². The Balaban J connectivity index is 1.63. The van der Waals surface area contributed by atoms with Gasteiger partial charge in [-0.15, -0.1) is 0 Å². The lowest BCUT2D eigenvalue weighted by molar-refractivity contribution is 0.310. The lowest BCUT2D eigenvalue weighted by Gasteiger charge is -2.29. The third kappa shape index (κ3) is 5.85. The molecule has 0 aliphatic heterocycles. The maximum Gasteiger partial charge on any atom is 0.240 e. The summed E-state index contributed by atoms with van der Waals surface area (Å²) in [5, 5.41) is 0. The van der Waals surface area contributed by atoms with Crippen LogP contribution in [0.3, 0.4) is 0 Å². The quantitative estimate of drug-likeness (QED) is 0.660. The number of nitrogens with one attached hydrogen (secondary N) is 2. The highest BCUT2D eigenvalue weighted by Crippen LogP contribution is 2.25. The largest absolute Gasteiger partial charge is 0.265 e. The minimum absolute atomic E-state index is 0.0391. The zero-order valence-electron chi connectivity index (χ0n) is 16.4. The maximum atomic E-state index is 12.7.